The van der Waals surface area contributed by atoms with Gasteiger partial charge in [-0.1, -0.05) is 78.9 Å². The topological polar surface area (TPSA) is 101 Å². The van der Waals surface area contributed by atoms with Crippen molar-refractivity contribution in [3.05, 3.63) is 102 Å². The second-order valence-corrected chi connectivity index (χ2v) is 9.19. The molecule has 2 heterocycles. The van der Waals surface area contributed by atoms with Crippen LogP contribution in [0.25, 0.3) is 32.5 Å². The summed E-state index contributed by atoms with van der Waals surface area (Å²) >= 11 is 1.60. The van der Waals surface area contributed by atoms with Gasteiger partial charge in [-0.05, 0) is 34.2 Å². The number of thiophene rings is 1. The molecule has 0 aliphatic carbocycles. The van der Waals surface area contributed by atoms with Gasteiger partial charge in [0.15, 0.2) is 0 Å². The zero-order valence-corrected chi connectivity index (χ0v) is 20.9. The number of nitrogens with one attached hydrogen (secondary N) is 1. The third-order valence-electron chi connectivity index (χ3n) is 5.91. The maximum absolute atomic E-state index is 11.0. The monoisotopic (exact) mass is 516 g/mol. The fourth-order valence-electron chi connectivity index (χ4n) is 3.97. The summed E-state index contributed by atoms with van der Waals surface area (Å²) < 4.78 is 1.00. The van der Waals surface area contributed by atoms with Crippen LogP contribution in [-0.2, 0) is 17.8 Å². The average molecular weight is 517 g/mol. The Balaban J connectivity index is 0.00000304. The number of carbonyl (C=O) groups is 1. The fourth-order valence-corrected chi connectivity index (χ4v) is 4.97. The van der Waals surface area contributed by atoms with Gasteiger partial charge in [0.25, 0.3) is 0 Å². The van der Waals surface area contributed by atoms with Crippen LogP contribution in [0.5, 0.6) is 0 Å². The number of halogens is 1. The molecule has 0 aliphatic rings. The maximum atomic E-state index is 11.0. The third-order valence-corrected chi connectivity index (χ3v) is 6.89. The molecule has 0 unspecified atom stereocenters. The lowest BCUT2D eigenvalue weighted by molar-refractivity contribution is -0.138. The summed E-state index contributed by atoms with van der Waals surface area (Å²) in [6.45, 7) is 0.660. The van der Waals surface area contributed by atoms with Crippen LogP contribution >= 0.6 is 23.7 Å². The normalized spacial score (nSPS) is 11.6. The van der Waals surface area contributed by atoms with E-state index < -0.39 is 12.0 Å². The van der Waals surface area contributed by atoms with Crippen LogP contribution in [0.3, 0.4) is 0 Å². The summed E-state index contributed by atoms with van der Waals surface area (Å²) in [6, 6.07) is 25.8. The maximum Gasteiger partial charge on any atom is 0.320 e. The van der Waals surface area contributed by atoms with Gasteiger partial charge in [-0.3, -0.25) is 4.79 Å². The fraction of sp³-hybridized carbons (Fsp3) is 0.107. The number of carboxylic acid groups (broad SMARTS) is 1. The first-order valence-electron chi connectivity index (χ1n) is 11.3. The first-order chi connectivity index (χ1) is 17.1. The van der Waals surface area contributed by atoms with Gasteiger partial charge in [-0.15, -0.1) is 23.7 Å². The molecule has 5 rings (SSSR count). The zero-order valence-electron chi connectivity index (χ0n) is 19.3. The lowest BCUT2D eigenvalue weighted by Crippen LogP contribution is -2.32. The highest BCUT2D eigenvalue weighted by atomic mass is 35.5. The van der Waals surface area contributed by atoms with Crippen LogP contribution in [0.1, 0.15) is 11.1 Å². The number of hydrogen-bond donors (Lipinski definition) is 3. The molecule has 0 amide bonds. The van der Waals surface area contributed by atoms with Crippen molar-refractivity contribution in [3.63, 3.8) is 0 Å². The van der Waals surface area contributed by atoms with Crippen molar-refractivity contribution in [2.24, 2.45) is 5.73 Å². The standard InChI is InChI=1S/C28H24N4O2S.ClH/c29-24(28(33)34)14-18-6-12-22(13-7-18)23-16-35-26-25(23)31-17-32-27(26)30-15-19-8-10-21(11-9-19)20-4-2-1-3-5-20;/h1-13,16-17,24H,14-15,29H2,(H,33,34)(H,30,31,32);1H/t24-;/m0./s1. The number of benzene rings is 3. The Morgan fingerprint density at radius 1 is 0.889 bits per heavy atom. The predicted molar refractivity (Wildman–Crippen MR) is 149 cm³/mol. The van der Waals surface area contributed by atoms with E-state index in [1.54, 1.807) is 17.7 Å². The van der Waals surface area contributed by atoms with Crippen molar-refractivity contribution in [1.29, 1.82) is 0 Å². The molecular formula is C28H25ClN4O2S. The van der Waals surface area contributed by atoms with Crippen LogP contribution in [0.4, 0.5) is 5.82 Å². The number of fused-ring (bicyclic) bond motifs is 1. The molecule has 36 heavy (non-hydrogen) atoms. The molecule has 0 spiro atoms. The van der Waals surface area contributed by atoms with Gasteiger partial charge >= 0.3 is 5.97 Å². The van der Waals surface area contributed by atoms with Gasteiger partial charge in [-0.25, -0.2) is 9.97 Å². The highest BCUT2D eigenvalue weighted by Gasteiger charge is 2.14. The molecule has 0 aliphatic heterocycles. The molecule has 5 aromatic rings. The Morgan fingerprint density at radius 2 is 1.53 bits per heavy atom. The van der Waals surface area contributed by atoms with E-state index in [4.69, 9.17) is 10.8 Å². The van der Waals surface area contributed by atoms with E-state index in [9.17, 15) is 4.79 Å². The first-order valence-corrected chi connectivity index (χ1v) is 12.1. The van der Waals surface area contributed by atoms with Gasteiger partial charge in [-0.2, -0.15) is 0 Å². The Labute approximate surface area is 219 Å². The molecule has 4 N–H and O–H groups in total. The predicted octanol–water partition coefficient (Wildman–Crippen LogP) is 6.01. The molecule has 6 nitrogen and oxygen atoms in total. The van der Waals surface area contributed by atoms with E-state index in [-0.39, 0.29) is 12.4 Å². The van der Waals surface area contributed by atoms with Crippen LogP contribution in [0, 0.1) is 0 Å². The van der Waals surface area contributed by atoms with Gasteiger partial charge in [0.2, 0.25) is 0 Å². The Hall–Kier alpha value is -3.78. The summed E-state index contributed by atoms with van der Waals surface area (Å²) in [5.74, 6) is -0.191. The average Bonchev–Trinajstić information content (AvgIpc) is 3.33. The molecular weight excluding hydrogens is 492 g/mol. The van der Waals surface area contributed by atoms with Crippen LogP contribution in [0.2, 0.25) is 0 Å². The molecule has 1 atom stereocenters. The quantitative estimate of drug-likeness (QED) is 0.233. The smallest absolute Gasteiger partial charge is 0.320 e. The number of aromatic nitrogens is 2. The SMILES string of the molecule is Cl.N[C@@H](Cc1ccc(-c2csc3c(NCc4ccc(-c5ccccc5)cc4)ncnc23)cc1)C(=O)O. The summed E-state index contributed by atoms with van der Waals surface area (Å²) in [5.41, 5.74) is 13.0. The van der Waals surface area contributed by atoms with Crippen molar-refractivity contribution < 1.29 is 9.90 Å². The number of rotatable bonds is 8. The molecule has 0 fully saturated rings. The van der Waals surface area contributed by atoms with E-state index in [0.29, 0.717) is 13.0 Å². The van der Waals surface area contributed by atoms with Crippen LogP contribution in [0.15, 0.2) is 90.6 Å². The number of nitrogens with zero attached hydrogens (tertiary/aromatic N) is 2. The zero-order chi connectivity index (χ0) is 24.2. The van der Waals surface area contributed by atoms with Crippen molar-refractivity contribution in [3.8, 4) is 22.3 Å². The van der Waals surface area contributed by atoms with Crippen molar-refractivity contribution in [1.82, 2.24) is 9.97 Å². The largest absolute Gasteiger partial charge is 0.480 e. The van der Waals surface area contributed by atoms with Crippen molar-refractivity contribution >= 4 is 45.7 Å². The van der Waals surface area contributed by atoms with Crippen molar-refractivity contribution in [2.45, 2.75) is 19.0 Å². The highest BCUT2D eigenvalue weighted by Crippen LogP contribution is 2.36. The lowest BCUT2D eigenvalue weighted by atomic mass is 10.0. The second-order valence-electron chi connectivity index (χ2n) is 8.31. The Bertz CT molecular complexity index is 1460. The number of carboxylic acids is 1. The molecule has 8 heteroatoms. The minimum Gasteiger partial charge on any atom is -0.480 e. The minimum atomic E-state index is -0.998. The van der Waals surface area contributed by atoms with E-state index in [1.165, 1.54) is 16.7 Å². The van der Waals surface area contributed by atoms with E-state index >= 15 is 0 Å². The molecule has 0 radical (unpaired) electrons. The van der Waals surface area contributed by atoms with Gasteiger partial charge in [0.05, 0.1) is 10.2 Å². The Morgan fingerprint density at radius 3 is 2.22 bits per heavy atom. The van der Waals surface area contributed by atoms with Gasteiger partial charge < -0.3 is 16.2 Å². The summed E-state index contributed by atoms with van der Waals surface area (Å²) in [6.07, 6.45) is 1.88. The molecule has 0 bridgehead atoms. The second kappa shape index (κ2) is 11.3. The molecule has 3 aromatic carbocycles. The lowest BCUT2D eigenvalue weighted by Gasteiger charge is -2.09. The number of anilines is 1. The molecule has 0 saturated carbocycles. The summed E-state index contributed by atoms with van der Waals surface area (Å²) in [7, 11) is 0. The number of nitrogens with two attached hydrogens (primary N) is 1. The first kappa shape index (κ1) is 25.3. The van der Waals surface area contributed by atoms with Crippen LogP contribution < -0.4 is 11.1 Å². The number of hydrogen-bond acceptors (Lipinski definition) is 6. The minimum absolute atomic E-state index is 0. The van der Waals surface area contributed by atoms with E-state index in [1.807, 2.05) is 42.5 Å². The summed E-state index contributed by atoms with van der Waals surface area (Å²) in [5, 5.41) is 14.6. The molecule has 2 aromatic heterocycles. The van der Waals surface area contributed by atoms with E-state index in [2.05, 4.69) is 57.1 Å². The van der Waals surface area contributed by atoms with Gasteiger partial charge in [0, 0.05) is 17.5 Å². The Kier molecular flexibility index (Phi) is 7.95. The molecule has 0 saturated heterocycles. The van der Waals surface area contributed by atoms with Crippen LogP contribution in [-0.4, -0.2) is 27.1 Å². The summed E-state index contributed by atoms with van der Waals surface area (Å²) in [4.78, 5) is 20.0. The molecule has 182 valence electrons. The van der Waals surface area contributed by atoms with E-state index in [0.717, 1.165) is 32.7 Å². The highest BCUT2D eigenvalue weighted by molar-refractivity contribution is 7.18. The third kappa shape index (κ3) is 5.54. The van der Waals surface area contributed by atoms with Gasteiger partial charge in [0.1, 0.15) is 18.2 Å². The van der Waals surface area contributed by atoms with Crippen molar-refractivity contribution in [2.75, 3.05) is 5.32 Å². The number of aliphatic carboxylic acids is 1.